The molecule has 6 heavy (non-hydrogen) atoms. The predicted molar refractivity (Wildman–Crippen MR) is 25.8 cm³/mol. The van der Waals surface area contributed by atoms with Crippen LogP contribution in [0.1, 0.15) is 0 Å². The van der Waals surface area contributed by atoms with Crippen LogP contribution in [0, 0.1) is 0 Å². The highest BCUT2D eigenvalue weighted by Gasteiger charge is 1.89. The molecule has 0 aliphatic heterocycles. The second-order valence-corrected chi connectivity index (χ2v) is 1.27. The smallest absolute Gasteiger partial charge is 0.158 e. The Kier molecular flexibility index (Phi) is 3.17. The highest BCUT2D eigenvalue weighted by molar-refractivity contribution is 7.81. The van der Waals surface area contributed by atoms with Crippen molar-refractivity contribution in [3.63, 3.8) is 0 Å². The van der Waals surface area contributed by atoms with Crippen LogP contribution in [0.2, 0.25) is 0 Å². The number of aldehydes is 1. The van der Waals surface area contributed by atoms with Crippen LogP contribution >= 0.6 is 12.6 Å². The molecule has 0 heterocycles. The van der Waals surface area contributed by atoms with E-state index >= 15 is 0 Å². The maximum Gasteiger partial charge on any atom is 0.158 e. The Bertz CT molecular complexity index is 46.1. The molecular formula is C3H6O2S. The van der Waals surface area contributed by atoms with Gasteiger partial charge in [-0.25, -0.2) is 0 Å². The Labute approximate surface area is 41.9 Å². The molecule has 0 aromatic heterocycles. The summed E-state index contributed by atoms with van der Waals surface area (Å²) in [5, 5.41) is 0. The van der Waals surface area contributed by atoms with Crippen molar-refractivity contribution in [3.8, 4) is 0 Å². The molecule has 1 atom stereocenters. The number of thiol groups is 1. The number of hydrogen-bond donors (Lipinski definition) is 1. The fourth-order valence-corrected chi connectivity index (χ4v) is 0.0556. The Hall–Kier alpha value is -0.0200. The monoisotopic (exact) mass is 106 g/mol. The van der Waals surface area contributed by atoms with Crippen LogP contribution in [0.3, 0.4) is 0 Å². The summed E-state index contributed by atoms with van der Waals surface area (Å²) in [4.78, 5) is 9.53. The van der Waals surface area contributed by atoms with Gasteiger partial charge in [0.05, 0.1) is 0 Å². The van der Waals surface area contributed by atoms with E-state index in [9.17, 15) is 4.79 Å². The summed E-state index contributed by atoms with van der Waals surface area (Å²) in [7, 11) is 1.42. The summed E-state index contributed by atoms with van der Waals surface area (Å²) in [6.07, 6.45) is 0.614. The van der Waals surface area contributed by atoms with Gasteiger partial charge in [0.1, 0.15) is 0 Å². The minimum absolute atomic E-state index is 0.551. The minimum Gasteiger partial charge on any atom is -0.363 e. The number of carbonyl (C=O) groups is 1. The quantitative estimate of drug-likeness (QED) is 0.307. The molecule has 0 rings (SSSR count). The van der Waals surface area contributed by atoms with E-state index in [4.69, 9.17) is 0 Å². The van der Waals surface area contributed by atoms with Gasteiger partial charge >= 0.3 is 0 Å². The van der Waals surface area contributed by atoms with Crippen LogP contribution in [0.5, 0.6) is 0 Å². The molecule has 36 valence electrons. The Morgan fingerprint density at radius 3 is 2.50 bits per heavy atom. The van der Waals surface area contributed by atoms with Gasteiger partial charge in [0.15, 0.2) is 11.7 Å². The molecule has 0 spiro atoms. The fraction of sp³-hybridized carbons (Fsp3) is 0.667. The van der Waals surface area contributed by atoms with E-state index < -0.39 is 5.44 Å². The molecule has 0 aromatic rings. The lowest BCUT2D eigenvalue weighted by Gasteiger charge is -1.92. The van der Waals surface area contributed by atoms with Gasteiger partial charge in [0, 0.05) is 7.11 Å². The predicted octanol–water partition coefficient (Wildman–Crippen LogP) is 0.0876. The molecule has 0 fully saturated rings. The van der Waals surface area contributed by atoms with Crippen molar-refractivity contribution in [1.82, 2.24) is 0 Å². The van der Waals surface area contributed by atoms with Gasteiger partial charge in [0.2, 0.25) is 0 Å². The zero-order valence-corrected chi connectivity index (χ0v) is 4.31. The van der Waals surface area contributed by atoms with Gasteiger partial charge in [-0.3, -0.25) is 4.79 Å². The Morgan fingerprint density at radius 1 is 2.00 bits per heavy atom. The zero-order valence-electron chi connectivity index (χ0n) is 3.42. The first-order valence-electron chi connectivity index (χ1n) is 1.47. The highest BCUT2D eigenvalue weighted by Crippen LogP contribution is 1.86. The molecule has 0 saturated heterocycles. The normalized spacial score (nSPS) is 13.7. The highest BCUT2D eigenvalue weighted by atomic mass is 32.1. The summed E-state index contributed by atoms with van der Waals surface area (Å²) in [5.41, 5.74) is -0.551. The summed E-state index contributed by atoms with van der Waals surface area (Å²) >= 11 is 3.64. The van der Waals surface area contributed by atoms with E-state index in [1.165, 1.54) is 7.11 Å². The summed E-state index contributed by atoms with van der Waals surface area (Å²) < 4.78 is 4.40. The third kappa shape index (κ3) is 2.23. The Balaban J connectivity index is 2.96. The Morgan fingerprint density at radius 2 is 2.50 bits per heavy atom. The van der Waals surface area contributed by atoms with Crippen molar-refractivity contribution in [2.45, 2.75) is 5.44 Å². The number of carbonyl (C=O) groups excluding carboxylic acids is 1. The van der Waals surface area contributed by atoms with Crippen LogP contribution in [0.4, 0.5) is 0 Å². The van der Waals surface area contributed by atoms with Gasteiger partial charge < -0.3 is 4.74 Å². The van der Waals surface area contributed by atoms with E-state index in [0.29, 0.717) is 6.29 Å². The molecule has 0 N–H and O–H groups in total. The molecule has 0 saturated carbocycles. The van der Waals surface area contributed by atoms with Crippen molar-refractivity contribution < 1.29 is 9.53 Å². The molecule has 3 heteroatoms. The van der Waals surface area contributed by atoms with Crippen molar-refractivity contribution >= 4 is 18.9 Å². The summed E-state index contributed by atoms with van der Waals surface area (Å²) in [5.74, 6) is 0. The van der Waals surface area contributed by atoms with Gasteiger partial charge in [-0.15, -0.1) is 12.6 Å². The molecule has 0 aliphatic rings. The van der Waals surface area contributed by atoms with Crippen LogP contribution in [0.15, 0.2) is 0 Å². The molecule has 0 aromatic carbocycles. The third-order valence-corrected chi connectivity index (χ3v) is 0.690. The first kappa shape index (κ1) is 5.98. The van der Waals surface area contributed by atoms with Crippen molar-refractivity contribution in [1.29, 1.82) is 0 Å². The summed E-state index contributed by atoms with van der Waals surface area (Å²) in [6, 6.07) is 0. The van der Waals surface area contributed by atoms with Crippen molar-refractivity contribution in [2.24, 2.45) is 0 Å². The average molecular weight is 106 g/mol. The number of hydrogen-bond acceptors (Lipinski definition) is 3. The zero-order chi connectivity index (χ0) is 4.99. The van der Waals surface area contributed by atoms with E-state index in [0.717, 1.165) is 0 Å². The lowest BCUT2D eigenvalue weighted by molar-refractivity contribution is -0.112. The first-order valence-corrected chi connectivity index (χ1v) is 1.99. The molecular weight excluding hydrogens is 100 g/mol. The number of rotatable bonds is 2. The molecule has 0 amide bonds. The van der Waals surface area contributed by atoms with E-state index in [2.05, 4.69) is 17.4 Å². The minimum atomic E-state index is -0.551. The van der Waals surface area contributed by atoms with Crippen LogP contribution in [-0.4, -0.2) is 18.8 Å². The van der Waals surface area contributed by atoms with Crippen molar-refractivity contribution in [2.75, 3.05) is 7.11 Å². The van der Waals surface area contributed by atoms with Crippen LogP contribution < -0.4 is 0 Å². The second kappa shape index (κ2) is 3.18. The molecule has 0 radical (unpaired) electrons. The van der Waals surface area contributed by atoms with Gasteiger partial charge in [-0.1, -0.05) is 0 Å². The molecule has 1 unspecified atom stereocenters. The van der Waals surface area contributed by atoms with Gasteiger partial charge in [-0.2, -0.15) is 0 Å². The number of ether oxygens (including phenoxy) is 1. The molecule has 0 aliphatic carbocycles. The van der Waals surface area contributed by atoms with Gasteiger partial charge in [-0.05, 0) is 0 Å². The van der Waals surface area contributed by atoms with Crippen LogP contribution in [-0.2, 0) is 9.53 Å². The maximum atomic E-state index is 9.53. The third-order valence-electron chi connectivity index (χ3n) is 0.358. The van der Waals surface area contributed by atoms with Crippen molar-refractivity contribution in [3.05, 3.63) is 0 Å². The summed E-state index contributed by atoms with van der Waals surface area (Å²) in [6.45, 7) is 0. The SMILES string of the molecule is COC(S)C=O. The maximum absolute atomic E-state index is 9.53. The largest absolute Gasteiger partial charge is 0.363 e. The first-order chi connectivity index (χ1) is 2.81. The molecule has 2 nitrogen and oxygen atoms in total. The average Bonchev–Trinajstić information content (AvgIpc) is 1.65. The van der Waals surface area contributed by atoms with E-state index in [-0.39, 0.29) is 0 Å². The lowest BCUT2D eigenvalue weighted by atomic mass is 10.8. The van der Waals surface area contributed by atoms with E-state index in [1.54, 1.807) is 0 Å². The topological polar surface area (TPSA) is 26.3 Å². The number of methoxy groups -OCH3 is 1. The second-order valence-electron chi connectivity index (χ2n) is 0.762. The van der Waals surface area contributed by atoms with E-state index in [1.807, 2.05) is 0 Å². The van der Waals surface area contributed by atoms with Crippen LogP contribution in [0.25, 0.3) is 0 Å². The fourth-order valence-electron chi connectivity index (χ4n) is 0.0556. The molecule has 0 bridgehead atoms. The lowest BCUT2D eigenvalue weighted by Crippen LogP contribution is -2.00. The van der Waals surface area contributed by atoms with Gasteiger partial charge in [0.25, 0.3) is 0 Å². The standard InChI is InChI=1S/C3H6O2S/c1-5-3(6)2-4/h2-3,6H,1H3.